The van der Waals surface area contributed by atoms with E-state index in [1.165, 1.54) is 29.4 Å². The van der Waals surface area contributed by atoms with Gasteiger partial charge in [0.2, 0.25) is 0 Å². The Hall–Kier alpha value is -1.99. The molecular formula is C13H9N3O2S2. The predicted octanol–water partition coefficient (Wildman–Crippen LogP) is 3.24. The van der Waals surface area contributed by atoms with Gasteiger partial charge in [0.25, 0.3) is 0 Å². The number of pyridine rings is 1. The van der Waals surface area contributed by atoms with Gasteiger partial charge in [0, 0.05) is 22.7 Å². The number of thiophene rings is 1. The van der Waals surface area contributed by atoms with Gasteiger partial charge in [-0.15, -0.1) is 11.3 Å². The van der Waals surface area contributed by atoms with Crippen LogP contribution in [0.15, 0.2) is 40.8 Å². The summed E-state index contributed by atoms with van der Waals surface area (Å²) in [5.74, 6) is -0.926. The Morgan fingerprint density at radius 1 is 1.30 bits per heavy atom. The molecule has 3 rings (SSSR count). The van der Waals surface area contributed by atoms with Crippen LogP contribution in [0, 0.1) is 6.92 Å². The van der Waals surface area contributed by atoms with Crippen molar-refractivity contribution in [1.29, 1.82) is 0 Å². The molecule has 5 nitrogen and oxygen atoms in total. The summed E-state index contributed by atoms with van der Waals surface area (Å²) in [4.78, 5) is 25.6. The summed E-state index contributed by atoms with van der Waals surface area (Å²) in [6.45, 7) is 1.79. The molecule has 0 aliphatic carbocycles. The highest BCUT2D eigenvalue weighted by molar-refractivity contribution is 7.99. The van der Waals surface area contributed by atoms with Gasteiger partial charge in [0.05, 0.1) is 0 Å². The van der Waals surface area contributed by atoms with E-state index in [1.54, 1.807) is 19.3 Å². The van der Waals surface area contributed by atoms with Crippen LogP contribution in [0.25, 0.3) is 10.2 Å². The van der Waals surface area contributed by atoms with Crippen molar-refractivity contribution in [2.75, 3.05) is 0 Å². The third kappa shape index (κ3) is 2.25. The molecule has 3 aromatic heterocycles. The molecule has 0 aromatic carbocycles. The van der Waals surface area contributed by atoms with E-state index in [4.69, 9.17) is 0 Å². The normalized spacial score (nSPS) is 10.8. The van der Waals surface area contributed by atoms with E-state index in [0.29, 0.717) is 9.71 Å². The second-order valence-electron chi connectivity index (χ2n) is 4.01. The van der Waals surface area contributed by atoms with Crippen molar-refractivity contribution in [2.24, 2.45) is 0 Å². The molecule has 100 valence electrons. The van der Waals surface area contributed by atoms with Crippen LogP contribution in [0.5, 0.6) is 0 Å². The SMILES string of the molecule is Cc1c(C(=O)O)sc2ncnc(Sc3ccncc3)c12. The number of carbonyl (C=O) groups is 1. The number of rotatable bonds is 3. The van der Waals surface area contributed by atoms with Crippen LogP contribution in [0.1, 0.15) is 15.2 Å². The van der Waals surface area contributed by atoms with E-state index in [9.17, 15) is 9.90 Å². The molecule has 3 heterocycles. The smallest absolute Gasteiger partial charge is 0.346 e. The number of hydrogen-bond acceptors (Lipinski definition) is 6. The number of carboxylic acids is 1. The van der Waals surface area contributed by atoms with Crippen molar-refractivity contribution in [1.82, 2.24) is 15.0 Å². The van der Waals surface area contributed by atoms with Crippen molar-refractivity contribution in [3.8, 4) is 0 Å². The van der Waals surface area contributed by atoms with Crippen LogP contribution in [-0.4, -0.2) is 26.0 Å². The van der Waals surface area contributed by atoms with Crippen LogP contribution in [0.4, 0.5) is 0 Å². The number of nitrogens with zero attached hydrogens (tertiary/aromatic N) is 3. The van der Waals surface area contributed by atoms with Gasteiger partial charge in [-0.3, -0.25) is 4.98 Å². The molecule has 0 fully saturated rings. The topological polar surface area (TPSA) is 76.0 Å². The molecule has 1 N–H and O–H groups in total. The minimum absolute atomic E-state index is 0.317. The van der Waals surface area contributed by atoms with Crippen molar-refractivity contribution >= 4 is 39.3 Å². The first kappa shape index (κ1) is 13.0. The third-order valence-electron chi connectivity index (χ3n) is 2.75. The van der Waals surface area contributed by atoms with Crippen LogP contribution < -0.4 is 0 Å². The predicted molar refractivity (Wildman–Crippen MR) is 77.5 cm³/mol. The molecule has 0 bridgehead atoms. The van der Waals surface area contributed by atoms with Gasteiger partial charge in [-0.25, -0.2) is 14.8 Å². The lowest BCUT2D eigenvalue weighted by atomic mass is 10.2. The zero-order chi connectivity index (χ0) is 14.1. The molecule has 0 radical (unpaired) electrons. The molecule has 0 unspecified atom stereocenters. The summed E-state index contributed by atoms with van der Waals surface area (Å²) in [5.41, 5.74) is 0.717. The Kier molecular flexibility index (Phi) is 3.37. The highest BCUT2D eigenvalue weighted by atomic mass is 32.2. The second kappa shape index (κ2) is 5.18. The minimum atomic E-state index is -0.926. The number of fused-ring (bicyclic) bond motifs is 1. The van der Waals surface area contributed by atoms with Crippen LogP contribution in [-0.2, 0) is 0 Å². The number of aryl methyl sites for hydroxylation is 1. The number of carboxylic acid groups (broad SMARTS) is 1. The monoisotopic (exact) mass is 303 g/mol. The molecule has 3 aromatic rings. The lowest BCUT2D eigenvalue weighted by Gasteiger charge is -2.02. The number of aromatic nitrogens is 3. The Balaban J connectivity index is 2.14. The fourth-order valence-electron chi connectivity index (χ4n) is 1.84. The molecule has 0 amide bonds. The maximum Gasteiger partial charge on any atom is 0.346 e. The van der Waals surface area contributed by atoms with E-state index in [1.807, 2.05) is 12.1 Å². The van der Waals surface area contributed by atoms with Crippen molar-refractivity contribution in [3.63, 3.8) is 0 Å². The lowest BCUT2D eigenvalue weighted by Crippen LogP contribution is -1.94. The fourth-order valence-corrected chi connectivity index (χ4v) is 3.82. The second-order valence-corrected chi connectivity index (χ2v) is 6.07. The summed E-state index contributed by atoms with van der Waals surface area (Å²) in [7, 11) is 0. The molecule has 0 atom stereocenters. The first-order valence-electron chi connectivity index (χ1n) is 5.72. The third-order valence-corrected chi connectivity index (χ3v) is 4.95. The van der Waals surface area contributed by atoms with Gasteiger partial charge in [-0.05, 0) is 24.6 Å². The average Bonchev–Trinajstić information content (AvgIpc) is 2.79. The van der Waals surface area contributed by atoms with Gasteiger partial charge < -0.3 is 5.11 Å². The summed E-state index contributed by atoms with van der Waals surface area (Å²) < 4.78 is 0. The van der Waals surface area contributed by atoms with Gasteiger partial charge in [0.15, 0.2) is 0 Å². The van der Waals surface area contributed by atoms with Gasteiger partial charge in [-0.1, -0.05) is 11.8 Å². The Morgan fingerprint density at radius 3 is 2.75 bits per heavy atom. The van der Waals surface area contributed by atoms with Gasteiger partial charge in [-0.2, -0.15) is 0 Å². The Bertz CT molecular complexity index is 787. The summed E-state index contributed by atoms with van der Waals surface area (Å²) in [5, 5.41) is 10.8. The Morgan fingerprint density at radius 2 is 2.05 bits per heavy atom. The molecule has 0 saturated carbocycles. The summed E-state index contributed by atoms with van der Waals surface area (Å²) in [6.07, 6.45) is 4.89. The van der Waals surface area contributed by atoms with E-state index in [-0.39, 0.29) is 0 Å². The first-order chi connectivity index (χ1) is 9.66. The Labute approximate surface area is 122 Å². The molecule has 7 heteroatoms. The molecule has 0 aliphatic heterocycles. The van der Waals surface area contributed by atoms with Gasteiger partial charge >= 0.3 is 5.97 Å². The van der Waals surface area contributed by atoms with E-state index in [0.717, 1.165) is 20.9 Å². The summed E-state index contributed by atoms with van der Waals surface area (Å²) >= 11 is 2.66. The summed E-state index contributed by atoms with van der Waals surface area (Å²) in [6, 6.07) is 3.77. The van der Waals surface area contributed by atoms with E-state index >= 15 is 0 Å². The molecule has 0 spiro atoms. The van der Waals surface area contributed by atoms with Crippen LogP contribution in [0.3, 0.4) is 0 Å². The van der Waals surface area contributed by atoms with E-state index < -0.39 is 5.97 Å². The molecule has 0 saturated heterocycles. The zero-order valence-corrected chi connectivity index (χ0v) is 12.0. The number of hydrogen-bond donors (Lipinski definition) is 1. The van der Waals surface area contributed by atoms with E-state index in [2.05, 4.69) is 15.0 Å². The largest absolute Gasteiger partial charge is 0.477 e. The fraction of sp³-hybridized carbons (Fsp3) is 0.0769. The van der Waals surface area contributed by atoms with Crippen LogP contribution >= 0.6 is 23.1 Å². The van der Waals surface area contributed by atoms with Crippen LogP contribution in [0.2, 0.25) is 0 Å². The quantitative estimate of drug-likeness (QED) is 0.749. The van der Waals surface area contributed by atoms with Gasteiger partial charge in [0.1, 0.15) is 21.1 Å². The standard InChI is InChI=1S/C13H9N3O2S2/c1-7-9-11(19-8-2-4-14-5-3-8)15-6-16-12(9)20-10(7)13(17)18/h2-6H,1H3,(H,17,18). The van der Waals surface area contributed by atoms with Crippen molar-refractivity contribution in [3.05, 3.63) is 41.3 Å². The molecule has 0 aliphatic rings. The maximum absolute atomic E-state index is 11.2. The number of aromatic carboxylic acids is 1. The highest BCUT2D eigenvalue weighted by Gasteiger charge is 2.18. The highest BCUT2D eigenvalue weighted by Crippen LogP contribution is 2.37. The lowest BCUT2D eigenvalue weighted by molar-refractivity contribution is 0.0701. The molecular weight excluding hydrogens is 294 g/mol. The molecule has 20 heavy (non-hydrogen) atoms. The average molecular weight is 303 g/mol. The van der Waals surface area contributed by atoms with Crippen molar-refractivity contribution < 1.29 is 9.90 Å². The zero-order valence-electron chi connectivity index (χ0n) is 10.4. The van der Waals surface area contributed by atoms with Crippen molar-refractivity contribution in [2.45, 2.75) is 16.8 Å². The maximum atomic E-state index is 11.2. The first-order valence-corrected chi connectivity index (χ1v) is 7.35. The minimum Gasteiger partial charge on any atom is -0.477 e.